The zero-order valence-corrected chi connectivity index (χ0v) is 16.6. The van der Waals surface area contributed by atoms with Crippen molar-refractivity contribution in [1.82, 2.24) is 25.7 Å². The first-order valence-electron chi connectivity index (χ1n) is 8.79. The fourth-order valence-electron chi connectivity index (χ4n) is 2.84. The number of hydrogen-bond acceptors (Lipinski definition) is 5. The number of hydrazine groups is 1. The van der Waals surface area contributed by atoms with Gasteiger partial charge < -0.3 is 9.88 Å². The second-order valence-electron chi connectivity index (χ2n) is 6.20. The maximum atomic E-state index is 12.3. The normalized spacial score (nSPS) is 10.7. The number of carbonyl (C=O) groups is 3. The van der Waals surface area contributed by atoms with Crippen LogP contribution >= 0.6 is 11.3 Å². The topological polar surface area (TPSA) is 105 Å². The quantitative estimate of drug-likeness (QED) is 0.570. The molecule has 2 aromatic heterocycles. The molecule has 0 fully saturated rings. The summed E-state index contributed by atoms with van der Waals surface area (Å²) in [6, 6.07) is 8.72. The monoisotopic (exact) mass is 399 g/mol. The van der Waals surface area contributed by atoms with E-state index in [1.807, 2.05) is 32.9 Å². The molecule has 3 rings (SSSR count). The van der Waals surface area contributed by atoms with Gasteiger partial charge in [-0.15, -0.1) is 11.3 Å². The Morgan fingerprint density at radius 1 is 1.07 bits per heavy atom. The zero-order chi connectivity index (χ0) is 20.3. The van der Waals surface area contributed by atoms with Crippen LogP contribution in [0.15, 0.2) is 30.3 Å². The molecule has 0 aliphatic rings. The van der Waals surface area contributed by atoms with E-state index in [-0.39, 0.29) is 12.5 Å². The molecule has 0 saturated heterocycles. The number of imidazole rings is 1. The molecule has 146 valence electrons. The van der Waals surface area contributed by atoms with Gasteiger partial charge in [0.15, 0.2) is 0 Å². The molecule has 3 aromatic rings. The summed E-state index contributed by atoms with van der Waals surface area (Å²) in [4.78, 5) is 42.1. The molecule has 0 aliphatic heterocycles. The Morgan fingerprint density at radius 3 is 2.54 bits per heavy atom. The van der Waals surface area contributed by atoms with E-state index in [4.69, 9.17) is 0 Å². The zero-order valence-electron chi connectivity index (χ0n) is 15.8. The van der Waals surface area contributed by atoms with Crippen molar-refractivity contribution in [3.63, 3.8) is 0 Å². The van der Waals surface area contributed by atoms with Crippen molar-refractivity contribution in [1.29, 1.82) is 0 Å². The highest BCUT2D eigenvalue weighted by Crippen LogP contribution is 2.17. The summed E-state index contributed by atoms with van der Waals surface area (Å²) in [5, 5.41) is 2.51. The molecule has 0 unspecified atom stereocenters. The van der Waals surface area contributed by atoms with Gasteiger partial charge in [0, 0.05) is 17.0 Å². The van der Waals surface area contributed by atoms with Crippen molar-refractivity contribution >= 4 is 40.1 Å². The number of amides is 3. The molecule has 0 radical (unpaired) electrons. The number of aromatic nitrogens is 2. The number of benzene rings is 1. The van der Waals surface area contributed by atoms with Crippen molar-refractivity contribution in [2.45, 2.75) is 27.3 Å². The molecule has 2 heterocycles. The van der Waals surface area contributed by atoms with Gasteiger partial charge in [-0.3, -0.25) is 25.2 Å². The number of nitrogens with one attached hydrogen (secondary N) is 3. The van der Waals surface area contributed by atoms with Gasteiger partial charge in [-0.25, -0.2) is 4.98 Å². The average molecular weight is 399 g/mol. The van der Waals surface area contributed by atoms with Crippen LogP contribution in [0.5, 0.6) is 0 Å². The number of carbonyl (C=O) groups excluding carboxylic acids is 3. The van der Waals surface area contributed by atoms with Crippen LogP contribution in [0.2, 0.25) is 0 Å². The second-order valence-corrected chi connectivity index (χ2v) is 7.49. The van der Waals surface area contributed by atoms with Gasteiger partial charge in [0.25, 0.3) is 17.7 Å². The predicted octanol–water partition coefficient (Wildman–Crippen LogP) is 1.93. The van der Waals surface area contributed by atoms with Crippen molar-refractivity contribution in [2.24, 2.45) is 0 Å². The number of fused-ring (bicyclic) bond motifs is 1. The fourth-order valence-corrected chi connectivity index (χ4v) is 3.62. The fraction of sp³-hybridized carbons (Fsp3) is 0.263. The Labute approximate surface area is 165 Å². The van der Waals surface area contributed by atoms with Gasteiger partial charge in [-0.05, 0) is 51.1 Å². The summed E-state index contributed by atoms with van der Waals surface area (Å²) in [5.74, 6) is -0.437. The summed E-state index contributed by atoms with van der Waals surface area (Å²) in [5.41, 5.74) is 6.69. The van der Waals surface area contributed by atoms with Gasteiger partial charge in [-0.1, -0.05) is 0 Å². The highest BCUT2D eigenvalue weighted by Gasteiger charge is 2.13. The van der Waals surface area contributed by atoms with Gasteiger partial charge >= 0.3 is 0 Å². The van der Waals surface area contributed by atoms with E-state index in [0.717, 1.165) is 28.3 Å². The Morgan fingerprint density at radius 2 is 1.86 bits per heavy atom. The third kappa shape index (κ3) is 4.20. The molecule has 0 atom stereocenters. The van der Waals surface area contributed by atoms with Crippen LogP contribution in [0.1, 0.15) is 37.7 Å². The van der Waals surface area contributed by atoms with Crippen LogP contribution in [-0.2, 0) is 11.3 Å². The number of thiophene rings is 1. The SMILES string of the molecule is CCn1c(C)nc2cc(C(=O)NNC(=O)CNC(=O)c3ccc(C)s3)ccc21. The van der Waals surface area contributed by atoms with Gasteiger partial charge in [0.05, 0.1) is 22.5 Å². The van der Waals surface area contributed by atoms with Gasteiger partial charge in [0.2, 0.25) is 0 Å². The molecule has 0 spiro atoms. The summed E-state index contributed by atoms with van der Waals surface area (Å²) >= 11 is 1.35. The average Bonchev–Trinajstić information content (AvgIpc) is 3.25. The minimum atomic E-state index is -0.526. The molecule has 0 bridgehead atoms. The largest absolute Gasteiger partial charge is 0.342 e. The highest BCUT2D eigenvalue weighted by atomic mass is 32.1. The van der Waals surface area contributed by atoms with Crippen molar-refractivity contribution in [3.05, 3.63) is 51.5 Å². The van der Waals surface area contributed by atoms with Crippen LogP contribution < -0.4 is 16.2 Å². The smallest absolute Gasteiger partial charge is 0.269 e. The van der Waals surface area contributed by atoms with Crippen LogP contribution in [0, 0.1) is 13.8 Å². The lowest BCUT2D eigenvalue weighted by Crippen LogP contribution is -2.46. The van der Waals surface area contributed by atoms with Crippen LogP contribution in [-0.4, -0.2) is 33.8 Å². The second kappa shape index (κ2) is 8.22. The van der Waals surface area contributed by atoms with E-state index in [1.54, 1.807) is 18.2 Å². The van der Waals surface area contributed by atoms with Crippen molar-refractivity contribution in [3.8, 4) is 0 Å². The number of rotatable bonds is 5. The molecular formula is C19H21N5O3S. The van der Waals surface area contributed by atoms with E-state index in [1.165, 1.54) is 11.3 Å². The minimum Gasteiger partial charge on any atom is -0.342 e. The minimum absolute atomic E-state index is 0.241. The molecule has 1 aromatic carbocycles. The maximum absolute atomic E-state index is 12.3. The van der Waals surface area contributed by atoms with E-state index >= 15 is 0 Å². The first-order chi connectivity index (χ1) is 13.4. The van der Waals surface area contributed by atoms with Crippen molar-refractivity contribution in [2.75, 3.05) is 6.54 Å². The van der Waals surface area contributed by atoms with E-state index in [0.29, 0.717) is 10.4 Å². The highest BCUT2D eigenvalue weighted by molar-refractivity contribution is 7.13. The van der Waals surface area contributed by atoms with Crippen LogP contribution in [0.25, 0.3) is 11.0 Å². The van der Waals surface area contributed by atoms with Crippen LogP contribution in [0.3, 0.4) is 0 Å². The lowest BCUT2D eigenvalue weighted by atomic mass is 10.2. The Hall–Kier alpha value is -3.20. The molecule has 0 saturated carbocycles. The third-order valence-corrected chi connectivity index (χ3v) is 5.21. The van der Waals surface area contributed by atoms with Gasteiger partial charge in [0.1, 0.15) is 5.82 Å². The summed E-state index contributed by atoms with van der Waals surface area (Å²) in [6.07, 6.45) is 0. The Bertz CT molecular complexity index is 1050. The van der Waals surface area contributed by atoms with Crippen molar-refractivity contribution < 1.29 is 14.4 Å². The number of aryl methyl sites for hydroxylation is 3. The van der Waals surface area contributed by atoms with E-state index in [9.17, 15) is 14.4 Å². The molecule has 8 nitrogen and oxygen atoms in total. The maximum Gasteiger partial charge on any atom is 0.269 e. The van der Waals surface area contributed by atoms with Gasteiger partial charge in [-0.2, -0.15) is 0 Å². The first kappa shape index (κ1) is 19.6. The van der Waals surface area contributed by atoms with E-state index < -0.39 is 11.8 Å². The predicted molar refractivity (Wildman–Crippen MR) is 107 cm³/mol. The summed E-state index contributed by atoms with van der Waals surface area (Å²) in [7, 11) is 0. The van der Waals surface area contributed by atoms with E-state index in [2.05, 4.69) is 25.7 Å². The molecule has 28 heavy (non-hydrogen) atoms. The third-order valence-electron chi connectivity index (χ3n) is 4.21. The molecule has 9 heteroatoms. The van der Waals surface area contributed by atoms with Crippen LogP contribution in [0.4, 0.5) is 0 Å². The molecule has 0 aliphatic carbocycles. The molecule has 3 amide bonds. The molecule has 3 N–H and O–H groups in total. The Kier molecular flexibility index (Phi) is 5.74. The lowest BCUT2D eigenvalue weighted by molar-refractivity contribution is -0.120. The standard InChI is InChI=1S/C19H21N5O3S/c1-4-24-12(3)21-14-9-13(6-7-15(14)24)18(26)23-22-17(25)10-20-19(27)16-8-5-11(2)28-16/h5-9H,4,10H2,1-3H3,(H,20,27)(H,22,25)(H,23,26). The first-order valence-corrected chi connectivity index (χ1v) is 9.61. The molecular weight excluding hydrogens is 378 g/mol. The summed E-state index contributed by atoms with van der Waals surface area (Å²) < 4.78 is 2.05. The number of hydrogen-bond donors (Lipinski definition) is 3. The summed E-state index contributed by atoms with van der Waals surface area (Å²) in [6.45, 7) is 6.39. The number of nitrogens with zero attached hydrogens (tertiary/aromatic N) is 2. The Balaban J connectivity index is 1.54. The lowest BCUT2D eigenvalue weighted by Gasteiger charge is -2.08.